The Balaban J connectivity index is 1.77. The number of benzene rings is 1. The maximum absolute atomic E-state index is 12.2. The van der Waals surface area contributed by atoms with Crippen LogP contribution in [-0.4, -0.2) is 30.4 Å². The standard InChI is InChI=1S/C19H30N2O/c1-4-16-9-11-17(12-10-16)13-21(3)14-19(22)20-18-8-6-5-7-15(18)2/h9-12,15,18H,4-8,13-14H2,1-3H3,(H,20,22)/t15-,18+/m0/s1. The molecule has 1 aliphatic rings. The molecular weight excluding hydrogens is 272 g/mol. The summed E-state index contributed by atoms with van der Waals surface area (Å²) in [5.74, 6) is 0.774. The summed E-state index contributed by atoms with van der Waals surface area (Å²) in [6.45, 7) is 5.71. The Morgan fingerprint density at radius 3 is 2.45 bits per heavy atom. The summed E-state index contributed by atoms with van der Waals surface area (Å²) in [6, 6.07) is 9.05. The summed E-state index contributed by atoms with van der Waals surface area (Å²) in [5.41, 5.74) is 2.62. The van der Waals surface area contributed by atoms with E-state index < -0.39 is 0 Å². The van der Waals surface area contributed by atoms with Crippen molar-refractivity contribution in [1.82, 2.24) is 10.2 Å². The fourth-order valence-corrected chi connectivity index (χ4v) is 3.28. The lowest BCUT2D eigenvalue weighted by Crippen LogP contribution is -2.44. The molecule has 2 rings (SSSR count). The van der Waals surface area contributed by atoms with E-state index in [-0.39, 0.29) is 5.91 Å². The molecule has 1 saturated carbocycles. The molecule has 1 amide bonds. The molecule has 122 valence electrons. The predicted molar refractivity (Wildman–Crippen MR) is 91.7 cm³/mol. The molecule has 22 heavy (non-hydrogen) atoms. The molecule has 2 atom stereocenters. The zero-order chi connectivity index (χ0) is 15.9. The van der Waals surface area contributed by atoms with Crippen molar-refractivity contribution >= 4 is 5.91 Å². The van der Waals surface area contributed by atoms with E-state index in [2.05, 4.69) is 48.3 Å². The highest BCUT2D eigenvalue weighted by Crippen LogP contribution is 2.23. The van der Waals surface area contributed by atoms with E-state index in [1.807, 2.05) is 7.05 Å². The summed E-state index contributed by atoms with van der Waals surface area (Å²) in [4.78, 5) is 14.3. The molecule has 0 aliphatic heterocycles. The maximum Gasteiger partial charge on any atom is 0.234 e. The Morgan fingerprint density at radius 1 is 1.18 bits per heavy atom. The minimum atomic E-state index is 0.159. The van der Waals surface area contributed by atoms with Gasteiger partial charge in [0, 0.05) is 12.6 Å². The molecular formula is C19H30N2O. The molecule has 3 heteroatoms. The highest BCUT2D eigenvalue weighted by molar-refractivity contribution is 5.78. The van der Waals surface area contributed by atoms with Gasteiger partial charge >= 0.3 is 0 Å². The average Bonchev–Trinajstić information content (AvgIpc) is 2.50. The average molecular weight is 302 g/mol. The summed E-state index contributed by atoms with van der Waals surface area (Å²) in [5, 5.41) is 3.22. The van der Waals surface area contributed by atoms with Crippen molar-refractivity contribution in [1.29, 1.82) is 0 Å². The van der Waals surface area contributed by atoms with Gasteiger partial charge in [-0.15, -0.1) is 0 Å². The van der Waals surface area contributed by atoms with Gasteiger partial charge in [0.15, 0.2) is 0 Å². The van der Waals surface area contributed by atoms with Crippen LogP contribution in [0, 0.1) is 5.92 Å². The number of nitrogens with zero attached hydrogens (tertiary/aromatic N) is 1. The fourth-order valence-electron chi connectivity index (χ4n) is 3.28. The third kappa shape index (κ3) is 5.13. The van der Waals surface area contributed by atoms with Crippen molar-refractivity contribution in [3.63, 3.8) is 0 Å². The van der Waals surface area contributed by atoms with Gasteiger partial charge in [-0.05, 0) is 43.4 Å². The zero-order valence-corrected chi connectivity index (χ0v) is 14.3. The van der Waals surface area contributed by atoms with Gasteiger partial charge < -0.3 is 5.32 Å². The van der Waals surface area contributed by atoms with Gasteiger partial charge in [-0.3, -0.25) is 9.69 Å². The minimum absolute atomic E-state index is 0.159. The van der Waals surface area contributed by atoms with Gasteiger partial charge in [0.05, 0.1) is 6.54 Å². The number of hydrogen-bond acceptors (Lipinski definition) is 2. The molecule has 0 radical (unpaired) electrons. The lowest BCUT2D eigenvalue weighted by atomic mass is 9.86. The third-order valence-electron chi connectivity index (χ3n) is 4.76. The maximum atomic E-state index is 12.2. The van der Waals surface area contributed by atoms with Crippen LogP contribution in [0.2, 0.25) is 0 Å². The highest BCUT2D eigenvalue weighted by atomic mass is 16.2. The number of carbonyl (C=O) groups is 1. The smallest absolute Gasteiger partial charge is 0.234 e. The van der Waals surface area contributed by atoms with Crippen molar-refractivity contribution in [3.8, 4) is 0 Å². The molecule has 0 unspecified atom stereocenters. The van der Waals surface area contributed by atoms with Crippen molar-refractivity contribution in [2.24, 2.45) is 5.92 Å². The first kappa shape index (κ1) is 17.0. The van der Waals surface area contributed by atoms with Gasteiger partial charge in [0.1, 0.15) is 0 Å². The Hall–Kier alpha value is -1.35. The predicted octanol–water partition coefficient (Wildman–Crippen LogP) is 3.38. The van der Waals surface area contributed by atoms with E-state index in [0.29, 0.717) is 18.5 Å². The lowest BCUT2D eigenvalue weighted by molar-refractivity contribution is -0.123. The van der Waals surface area contributed by atoms with Gasteiger partial charge in [-0.2, -0.15) is 0 Å². The number of hydrogen-bond donors (Lipinski definition) is 1. The lowest BCUT2D eigenvalue weighted by Gasteiger charge is -2.30. The molecule has 0 bridgehead atoms. The van der Waals surface area contributed by atoms with E-state index in [4.69, 9.17) is 0 Å². The third-order valence-corrected chi connectivity index (χ3v) is 4.76. The number of rotatable bonds is 6. The Kier molecular flexibility index (Phi) is 6.44. The highest BCUT2D eigenvalue weighted by Gasteiger charge is 2.22. The van der Waals surface area contributed by atoms with E-state index in [0.717, 1.165) is 19.4 Å². The first-order valence-electron chi connectivity index (χ1n) is 8.64. The van der Waals surface area contributed by atoms with Crippen molar-refractivity contribution in [3.05, 3.63) is 35.4 Å². The number of likely N-dealkylation sites (N-methyl/N-ethyl adjacent to an activating group) is 1. The molecule has 0 aromatic heterocycles. The molecule has 0 heterocycles. The van der Waals surface area contributed by atoms with Crippen LogP contribution in [0.15, 0.2) is 24.3 Å². The van der Waals surface area contributed by atoms with E-state index in [1.165, 1.54) is 30.4 Å². The fraction of sp³-hybridized carbons (Fsp3) is 0.632. The number of carbonyl (C=O) groups excluding carboxylic acids is 1. The normalized spacial score (nSPS) is 21.8. The topological polar surface area (TPSA) is 32.3 Å². The Bertz CT molecular complexity index is 469. The summed E-state index contributed by atoms with van der Waals surface area (Å²) < 4.78 is 0. The van der Waals surface area contributed by atoms with Crippen LogP contribution in [0.5, 0.6) is 0 Å². The molecule has 0 saturated heterocycles. The molecule has 1 fully saturated rings. The molecule has 1 aromatic carbocycles. The number of amides is 1. The number of nitrogens with one attached hydrogen (secondary N) is 1. The van der Waals surface area contributed by atoms with Gasteiger partial charge in [-0.1, -0.05) is 51.0 Å². The minimum Gasteiger partial charge on any atom is -0.352 e. The van der Waals surface area contributed by atoms with Gasteiger partial charge in [-0.25, -0.2) is 0 Å². The summed E-state index contributed by atoms with van der Waals surface area (Å²) in [7, 11) is 2.01. The van der Waals surface area contributed by atoms with Crippen molar-refractivity contribution < 1.29 is 4.79 Å². The largest absolute Gasteiger partial charge is 0.352 e. The summed E-state index contributed by atoms with van der Waals surface area (Å²) in [6.07, 6.45) is 5.99. The molecule has 0 spiro atoms. The first-order valence-corrected chi connectivity index (χ1v) is 8.64. The SMILES string of the molecule is CCc1ccc(CN(C)CC(=O)N[C@@H]2CCCC[C@@H]2C)cc1. The Morgan fingerprint density at radius 2 is 1.82 bits per heavy atom. The van der Waals surface area contributed by atoms with Crippen molar-refractivity contribution in [2.75, 3.05) is 13.6 Å². The van der Waals surface area contributed by atoms with Crippen molar-refractivity contribution in [2.45, 2.75) is 58.5 Å². The van der Waals surface area contributed by atoms with Crippen LogP contribution in [0.1, 0.15) is 50.7 Å². The van der Waals surface area contributed by atoms with Crippen LogP contribution in [0.4, 0.5) is 0 Å². The van der Waals surface area contributed by atoms with E-state index >= 15 is 0 Å². The zero-order valence-electron chi connectivity index (χ0n) is 14.3. The monoisotopic (exact) mass is 302 g/mol. The summed E-state index contributed by atoms with van der Waals surface area (Å²) >= 11 is 0. The van der Waals surface area contributed by atoms with Crippen LogP contribution in [0.25, 0.3) is 0 Å². The van der Waals surface area contributed by atoms with E-state index in [9.17, 15) is 4.79 Å². The quantitative estimate of drug-likeness (QED) is 0.874. The van der Waals surface area contributed by atoms with Crippen LogP contribution >= 0.6 is 0 Å². The first-order chi connectivity index (χ1) is 10.6. The Labute approximate surface area is 135 Å². The molecule has 1 aliphatic carbocycles. The van der Waals surface area contributed by atoms with Gasteiger partial charge in [0.25, 0.3) is 0 Å². The second-order valence-corrected chi connectivity index (χ2v) is 6.78. The van der Waals surface area contributed by atoms with Crippen LogP contribution < -0.4 is 5.32 Å². The van der Waals surface area contributed by atoms with Crippen LogP contribution in [0.3, 0.4) is 0 Å². The molecule has 1 aromatic rings. The molecule has 1 N–H and O–H groups in total. The van der Waals surface area contributed by atoms with Gasteiger partial charge in [0.2, 0.25) is 5.91 Å². The molecule has 3 nitrogen and oxygen atoms in total. The second-order valence-electron chi connectivity index (χ2n) is 6.78. The second kappa shape index (κ2) is 8.33. The van der Waals surface area contributed by atoms with Crippen LogP contribution in [-0.2, 0) is 17.8 Å². The van der Waals surface area contributed by atoms with E-state index in [1.54, 1.807) is 0 Å². The number of aryl methyl sites for hydroxylation is 1.